The molecule has 0 aliphatic carbocycles. The third-order valence-electron chi connectivity index (χ3n) is 6.29. The van der Waals surface area contributed by atoms with Crippen molar-refractivity contribution in [1.82, 2.24) is 4.90 Å². The van der Waals surface area contributed by atoms with E-state index >= 15 is 0 Å². The number of methoxy groups -OCH3 is 1. The average molecular weight is 360 g/mol. The number of fused-ring (bicyclic) bond motifs is 1. The lowest BCUT2D eigenvalue weighted by Crippen LogP contribution is -2.40. The lowest BCUT2D eigenvalue weighted by atomic mass is 9.85. The molecule has 2 unspecified atom stereocenters. The summed E-state index contributed by atoms with van der Waals surface area (Å²) in [4.78, 5) is 2.63. The van der Waals surface area contributed by atoms with Crippen LogP contribution in [0, 0.1) is 0 Å². The first-order valence-corrected chi connectivity index (χ1v) is 11.1. The van der Waals surface area contributed by atoms with Crippen molar-refractivity contribution >= 4 is 0 Å². The molecule has 2 nitrogen and oxygen atoms in total. The van der Waals surface area contributed by atoms with Gasteiger partial charge in [0.1, 0.15) is 5.75 Å². The highest BCUT2D eigenvalue weighted by Gasteiger charge is 2.30. The molecule has 1 aromatic carbocycles. The van der Waals surface area contributed by atoms with E-state index < -0.39 is 0 Å². The molecule has 26 heavy (non-hydrogen) atoms. The smallest absolute Gasteiger partial charge is 0.119 e. The van der Waals surface area contributed by atoms with Gasteiger partial charge in [0.15, 0.2) is 0 Å². The van der Waals surface area contributed by atoms with Crippen LogP contribution in [0.1, 0.15) is 102 Å². The predicted molar refractivity (Wildman–Crippen MR) is 113 cm³/mol. The van der Waals surface area contributed by atoms with Gasteiger partial charge >= 0.3 is 0 Å². The van der Waals surface area contributed by atoms with Gasteiger partial charge in [0.05, 0.1) is 7.11 Å². The second kappa shape index (κ2) is 11.6. The summed E-state index contributed by atoms with van der Waals surface area (Å²) < 4.78 is 5.50. The molecule has 0 spiro atoms. The summed E-state index contributed by atoms with van der Waals surface area (Å²) >= 11 is 0. The quantitative estimate of drug-likeness (QED) is 0.375. The Bertz CT molecular complexity index is 513. The first kappa shape index (κ1) is 21.3. The molecule has 2 atom stereocenters. The van der Waals surface area contributed by atoms with E-state index in [0.29, 0.717) is 12.1 Å². The summed E-state index contributed by atoms with van der Waals surface area (Å²) in [5.74, 6) is 1.00. The maximum absolute atomic E-state index is 5.50. The number of nitrogens with zero attached hydrogens (tertiary/aromatic N) is 1. The Kier molecular flexibility index (Phi) is 9.53. The van der Waals surface area contributed by atoms with Crippen molar-refractivity contribution < 1.29 is 4.74 Å². The Morgan fingerprint density at radius 1 is 0.962 bits per heavy atom. The van der Waals surface area contributed by atoms with Gasteiger partial charge in [-0.15, -0.1) is 0 Å². The fourth-order valence-electron chi connectivity index (χ4n) is 4.51. The number of ether oxygens (including phenoxy) is 1. The number of unbranched alkanes of at least 4 members (excludes halogenated alkanes) is 8. The number of rotatable bonds is 12. The summed E-state index contributed by atoms with van der Waals surface area (Å²) in [5.41, 5.74) is 3.05. The Balaban J connectivity index is 1.83. The minimum atomic E-state index is 0.559. The molecule has 148 valence electrons. The number of hydrogen-bond acceptors (Lipinski definition) is 2. The molecule has 1 aliphatic heterocycles. The molecule has 1 heterocycles. The van der Waals surface area contributed by atoms with Crippen molar-refractivity contribution in [3.63, 3.8) is 0 Å². The molecule has 2 rings (SSSR count). The molecule has 0 aromatic heterocycles. The average Bonchev–Trinajstić information content (AvgIpc) is 2.67. The summed E-state index contributed by atoms with van der Waals surface area (Å²) in [6, 6.07) is 7.96. The van der Waals surface area contributed by atoms with Crippen LogP contribution in [0.15, 0.2) is 18.2 Å². The van der Waals surface area contributed by atoms with Crippen LogP contribution in [0.3, 0.4) is 0 Å². The van der Waals surface area contributed by atoms with E-state index in [1.54, 1.807) is 7.11 Å². The van der Waals surface area contributed by atoms with Crippen molar-refractivity contribution in [2.75, 3.05) is 14.2 Å². The van der Waals surface area contributed by atoms with Gasteiger partial charge in [0.2, 0.25) is 0 Å². The topological polar surface area (TPSA) is 12.5 Å². The van der Waals surface area contributed by atoms with E-state index in [4.69, 9.17) is 4.74 Å². The van der Waals surface area contributed by atoms with Gasteiger partial charge in [-0.2, -0.15) is 0 Å². The van der Waals surface area contributed by atoms with Crippen molar-refractivity contribution in [3.8, 4) is 5.75 Å². The summed E-state index contributed by atoms with van der Waals surface area (Å²) in [6.45, 7) is 4.62. The Hall–Kier alpha value is -1.02. The van der Waals surface area contributed by atoms with Gasteiger partial charge in [-0.05, 0) is 49.6 Å². The van der Waals surface area contributed by atoms with Crippen molar-refractivity contribution in [2.24, 2.45) is 0 Å². The van der Waals surface area contributed by atoms with Crippen LogP contribution in [0.2, 0.25) is 0 Å². The molecule has 0 amide bonds. The SMILES string of the molecule is CCCCCCCCCCCC1c2cc(OC)ccc2CC(CC)N1C. The Labute approximate surface area is 162 Å². The number of hydrogen-bond donors (Lipinski definition) is 0. The first-order chi connectivity index (χ1) is 12.7. The highest BCUT2D eigenvalue weighted by atomic mass is 16.5. The van der Waals surface area contributed by atoms with Crippen molar-refractivity contribution in [3.05, 3.63) is 29.3 Å². The Morgan fingerprint density at radius 3 is 2.23 bits per heavy atom. The monoisotopic (exact) mass is 359 g/mol. The third kappa shape index (κ3) is 6.01. The van der Waals surface area contributed by atoms with Gasteiger partial charge in [0, 0.05) is 12.1 Å². The zero-order valence-corrected chi connectivity index (χ0v) is 17.7. The van der Waals surface area contributed by atoms with Gasteiger partial charge in [0.25, 0.3) is 0 Å². The zero-order chi connectivity index (χ0) is 18.8. The van der Waals surface area contributed by atoms with Crippen LogP contribution in [0.25, 0.3) is 0 Å². The van der Waals surface area contributed by atoms with Gasteiger partial charge in [-0.3, -0.25) is 4.90 Å². The molecule has 0 bridgehead atoms. The van der Waals surface area contributed by atoms with Crippen LogP contribution in [-0.4, -0.2) is 25.1 Å². The summed E-state index contributed by atoms with van der Waals surface area (Å²) in [7, 11) is 4.10. The van der Waals surface area contributed by atoms with Gasteiger partial charge < -0.3 is 4.74 Å². The van der Waals surface area contributed by atoms with Gasteiger partial charge in [-0.1, -0.05) is 77.7 Å². The molecular weight excluding hydrogens is 318 g/mol. The minimum Gasteiger partial charge on any atom is -0.497 e. The standard InChI is InChI=1S/C24H41NO/c1-5-7-8-9-10-11-12-13-14-15-24-23-19-22(26-4)17-16-20(23)18-21(6-2)25(24)3/h16-17,19,21,24H,5-15,18H2,1-4H3. The van der Waals surface area contributed by atoms with Crippen LogP contribution in [0.4, 0.5) is 0 Å². The minimum absolute atomic E-state index is 0.559. The van der Waals surface area contributed by atoms with Gasteiger partial charge in [-0.25, -0.2) is 0 Å². The van der Waals surface area contributed by atoms with E-state index in [-0.39, 0.29) is 0 Å². The van der Waals surface area contributed by atoms with E-state index in [9.17, 15) is 0 Å². The molecule has 0 fully saturated rings. The highest BCUT2D eigenvalue weighted by molar-refractivity contribution is 5.40. The summed E-state index contributed by atoms with van der Waals surface area (Å²) in [6.07, 6.45) is 16.3. The van der Waals surface area contributed by atoms with Crippen molar-refractivity contribution in [1.29, 1.82) is 0 Å². The largest absolute Gasteiger partial charge is 0.497 e. The summed E-state index contributed by atoms with van der Waals surface area (Å²) in [5, 5.41) is 0. The van der Waals surface area contributed by atoms with E-state index in [1.165, 1.54) is 88.2 Å². The van der Waals surface area contributed by atoms with E-state index in [1.807, 2.05) is 0 Å². The number of benzene rings is 1. The Morgan fingerprint density at radius 2 is 1.62 bits per heavy atom. The molecule has 0 saturated heterocycles. The zero-order valence-electron chi connectivity index (χ0n) is 17.7. The maximum atomic E-state index is 5.50. The molecule has 0 N–H and O–H groups in total. The molecule has 0 radical (unpaired) electrons. The molecule has 1 aromatic rings. The van der Waals surface area contributed by atoms with Crippen LogP contribution < -0.4 is 4.74 Å². The second-order valence-corrected chi connectivity index (χ2v) is 8.13. The predicted octanol–water partition coefficient (Wildman–Crippen LogP) is 6.92. The molecular formula is C24H41NO. The van der Waals surface area contributed by atoms with Crippen LogP contribution in [0.5, 0.6) is 5.75 Å². The highest BCUT2D eigenvalue weighted by Crippen LogP contribution is 2.38. The normalized spacial score (nSPS) is 20.2. The maximum Gasteiger partial charge on any atom is 0.119 e. The van der Waals surface area contributed by atoms with Crippen LogP contribution >= 0.6 is 0 Å². The lowest BCUT2D eigenvalue weighted by molar-refractivity contribution is 0.140. The third-order valence-corrected chi connectivity index (χ3v) is 6.29. The van der Waals surface area contributed by atoms with Crippen molar-refractivity contribution in [2.45, 2.75) is 103 Å². The molecule has 0 saturated carbocycles. The second-order valence-electron chi connectivity index (χ2n) is 8.13. The van der Waals surface area contributed by atoms with E-state index in [0.717, 1.165) is 5.75 Å². The fourth-order valence-corrected chi connectivity index (χ4v) is 4.51. The first-order valence-electron chi connectivity index (χ1n) is 11.1. The number of likely N-dealkylation sites (N-methyl/N-ethyl adjacent to an activating group) is 1. The lowest BCUT2D eigenvalue weighted by Gasteiger charge is -2.41. The molecule has 1 aliphatic rings. The molecule has 2 heteroatoms. The van der Waals surface area contributed by atoms with E-state index in [2.05, 4.69) is 44.0 Å². The fraction of sp³-hybridized carbons (Fsp3) is 0.750. The van der Waals surface area contributed by atoms with Crippen LogP contribution in [-0.2, 0) is 6.42 Å².